The van der Waals surface area contributed by atoms with Crippen molar-refractivity contribution in [3.63, 3.8) is 0 Å². The van der Waals surface area contributed by atoms with Crippen LogP contribution in [0.1, 0.15) is 30.1 Å². The Hall–Kier alpha value is -0.980. The highest BCUT2D eigenvalue weighted by atomic mass is 35.5. The summed E-state index contributed by atoms with van der Waals surface area (Å²) in [6, 6.07) is 0.846. The maximum Gasteiger partial charge on any atom is 0.251 e. The lowest BCUT2D eigenvalue weighted by Gasteiger charge is -2.38. The highest BCUT2D eigenvalue weighted by Crippen LogP contribution is 2.38. The number of aryl methyl sites for hydroxylation is 1. The summed E-state index contributed by atoms with van der Waals surface area (Å²) in [5.41, 5.74) is 6.88. The number of hydrogen-bond acceptors (Lipinski definition) is 4. The number of nitrogens with zero attached hydrogens (tertiary/aromatic N) is 1. The van der Waals surface area contributed by atoms with Gasteiger partial charge in [-0.3, -0.25) is 0 Å². The summed E-state index contributed by atoms with van der Waals surface area (Å²) >= 11 is 5.90. The Labute approximate surface area is 115 Å². The Bertz CT molecular complexity index is 476. The maximum absolute atomic E-state index is 12.8. The van der Waals surface area contributed by atoms with E-state index in [0.717, 1.165) is 0 Å². The van der Waals surface area contributed by atoms with Crippen molar-refractivity contribution in [2.45, 2.75) is 37.8 Å². The Morgan fingerprint density at radius 1 is 1.63 bits per heavy atom. The van der Waals surface area contributed by atoms with Crippen LogP contribution >= 0.6 is 11.6 Å². The maximum atomic E-state index is 12.8. The van der Waals surface area contributed by atoms with Gasteiger partial charge in [0.25, 0.3) is 5.92 Å². The van der Waals surface area contributed by atoms with Crippen molar-refractivity contribution in [3.8, 4) is 0 Å². The fourth-order valence-electron chi connectivity index (χ4n) is 2.27. The van der Waals surface area contributed by atoms with Gasteiger partial charge in [-0.1, -0.05) is 11.6 Å². The van der Waals surface area contributed by atoms with Crippen molar-refractivity contribution in [1.82, 2.24) is 10.3 Å². The molecule has 1 aliphatic carbocycles. The molecular weight excluding hydrogens is 276 g/mol. The van der Waals surface area contributed by atoms with Gasteiger partial charge in [0.15, 0.2) is 0 Å². The summed E-state index contributed by atoms with van der Waals surface area (Å²) in [4.78, 5) is 4.07. The van der Waals surface area contributed by atoms with Crippen LogP contribution < -0.4 is 11.1 Å². The van der Waals surface area contributed by atoms with Crippen molar-refractivity contribution in [2.24, 2.45) is 0 Å². The van der Waals surface area contributed by atoms with Gasteiger partial charge >= 0.3 is 0 Å². The lowest BCUT2D eigenvalue weighted by molar-refractivity contribution is -0.0959. The monoisotopic (exact) mass is 291 g/mol. The molecule has 4 nitrogen and oxygen atoms in total. The van der Waals surface area contributed by atoms with Crippen molar-refractivity contribution in [3.05, 3.63) is 22.3 Å². The molecule has 0 aromatic carbocycles. The number of halogens is 3. The third kappa shape index (κ3) is 3.13. The minimum Gasteiger partial charge on any atom is -0.394 e. The number of aliphatic hydroxyl groups is 1. The zero-order chi connectivity index (χ0) is 14.2. The van der Waals surface area contributed by atoms with Crippen LogP contribution in [0.2, 0.25) is 5.02 Å². The van der Waals surface area contributed by atoms with Crippen LogP contribution in [-0.2, 0) is 0 Å². The van der Waals surface area contributed by atoms with E-state index in [1.54, 1.807) is 13.0 Å². The molecule has 7 heteroatoms. The first-order chi connectivity index (χ1) is 8.82. The van der Waals surface area contributed by atoms with Crippen molar-refractivity contribution >= 4 is 17.4 Å². The SMILES string of the molecule is Cc1nc(N)c(Cl)cc1C(CO)NC1CC(F)(F)C1. The van der Waals surface area contributed by atoms with Crippen molar-refractivity contribution in [1.29, 1.82) is 0 Å². The van der Waals surface area contributed by atoms with E-state index in [0.29, 0.717) is 16.3 Å². The molecule has 0 bridgehead atoms. The van der Waals surface area contributed by atoms with Gasteiger partial charge in [0.1, 0.15) is 5.82 Å². The van der Waals surface area contributed by atoms with Gasteiger partial charge in [-0.2, -0.15) is 0 Å². The summed E-state index contributed by atoms with van der Waals surface area (Å²) < 4.78 is 25.6. The van der Waals surface area contributed by atoms with E-state index < -0.39 is 12.0 Å². The molecule has 0 radical (unpaired) electrons. The topological polar surface area (TPSA) is 71.2 Å². The van der Waals surface area contributed by atoms with Crippen LogP contribution in [0, 0.1) is 6.92 Å². The number of nitrogens with two attached hydrogens (primary N) is 1. The summed E-state index contributed by atoms with van der Waals surface area (Å²) in [7, 11) is 0. The molecule has 1 atom stereocenters. The third-order valence-corrected chi connectivity index (χ3v) is 3.62. The van der Waals surface area contributed by atoms with E-state index in [1.807, 2.05) is 0 Å². The van der Waals surface area contributed by atoms with Gasteiger partial charge in [0.2, 0.25) is 0 Å². The number of aliphatic hydroxyl groups excluding tert-OH is 1. The second-order valence-electron chi connectivity index (χ2n) is 4.89. The van der Waals surface area contributed by atoms with E-state index in [4.69, 9.17) is 17.3 Å². The Kier molecular flexibility index (Phi) is 3.94. The molecule has 1 aromatic rings. The highest BCUT2D eigenvalue weighted by Gasteiger charge is 2.45. The quantitative estimate of drug-likeness (QED) is 0.794. The van der Waals surface area contributed by atoms with Crippen molar-refractivity contribution < 1.29 is 13.9 Å². The third-order valence-electron chi connectivity index (χ3n) is 3.32. The van der Waals surface area contributed by atoms with E-state index in [9.17, 15) is 13.9 Å². The molecule has 0 aliphatic heterocycles. The molecule has 0 saturated heterocycles. The van der Waals surface area contributed by atoms with E-state index in [-0.39, 0.29) is 31.3 Å². The summed E-state index contributed by atoms with van der Waals surface area (Å²) in [6.45, 7) is 1.52. The average molecular weight is 292 g/mol. The van der Waals surface area contributed by atoms with E-state index >= 15 is 0 Å². The summed E-state index contributed by atoms with van der Waals surface area (Å²) in [5, 5.41) is 12.7. The molecule has 1 aromatic heterocycles. The fourth-order valence-corrected chi connectivity index (χ4v) is 2.43. The zero-order valence-corrected chi connectivity index (χ0v) is 11.2. The molecular formula is C12H16ClF2N3O. The van der Waals surface area contributed by atoms with E-state index in [1.165, 1.54) is 0 Å². The van der Waals surface area contributed by atoms with Gasteiger partial charge < -0.3 is 16.2 Å². The molecule has 1 heterocycles. The second kappa shape index (κ2) is 5.19. The zero-order valence-electron chi connectivity index (χ0n) is 10.5. The van der Waals surface area contributed by atoms with Crippen LogP contribution in [0.15, 0.2) is 6.07 Å². The highest BCUT2D eigenvalue weighted by molar-refractivity contribution is 6.32. The minimum atomic E-state index is -2.59. The smallest absolute Gasteiger partial charge is 0.251 e. The standard InChI is InChI=1S/C12H16ClF2N3O/c1-6-8(2-9(13)11(16)17-6)10(5-19)18-7-3-12(14,15)4-7/h2,7,10,18-19H,3-5H2,1H3,(H2,16,17). The lowest BCUT2D eigenvalue weighted by Crippen LogP contribution is -2.50. The number of alkyl halides is 2. The van der Waals surface area contributed by atoms with Crippen LogP contribution in [0.25, 0.3) is 0 Å². The molecule has 0 amide bonds. The summed E-state index contributed by atoms with van der Waals surface area (Å²) in [5.74, 6) is -2.38. The van der Waals surface area contributed by atoms with Gasteiger partial charge in [-0.05, 0) is 18.6 Å². The van der Waals surface area contributed by atoms with Crippen LogP contribution in [0.3, 0.4) is 0 Å². The lowest BCUT2D eigenvalue weighted by atomic mass is 9.87. The largest absolute Gasteiger partial charge is 0.394 e. The minimum absolute atomic E-state index is 0.210. The van der Waals surface area contributed by atoms with Gasteiger partial charge in [0, 0.05) is 24.6 Å². The van der Waals surface area contributed by atoms with Gasteiger partial charge in [-0.25, -0.2) is 13.8 Å². The molecule has 1 fully saturated rings. The molecule has 0 spiro atoms. The molecule has 2 rings (SSSR count). The Morgan fingerprint density at radius 2 is 2.26 bits per heavy atom. The van der Waals surface area contributed by atoms with Crippen molar-refractivity contribution in [2.75, 3.05) is 12.3 Å². The predicted octanol–water partition coefficient (Wildman–Crippen LogP) is 2.05. The van der Waals surface area contributed by atoms with Crippen LogP contribution in [0.4, 0.5) is 14.6 Å². The van der Waals surface area contributed by atoms with Crippen LogP contribution in [0.5, 0.6) is 0 Å². The fraction of sp³-hybridized carbons (Fsp3) is 0.583. The first-order valence-corrected chi connectivity index (χ1v) is 6.37. The van der Waals surface area contributed by atoms with Crippen LogP contribution in [-0.4, -0.2) is 28.7 Å². The molecule has 1 unspecified atom stereocenters. The molecule has 4 N–H and O–H groups in total. The predicted molar refractivity (Wildman–Crippen MR) is 69.3 cm³/mol. The number of nitrogens with one attached hydrogen (secondary N) is 1. The first kappa shape index (κ1) is 14.4. The second-order valence-corrected chi connectivity index (χ2v) is 5.30. The van der Waals surface area contributed by atoms with E-state index in [2.05, 4.69) is 10.3 Å². The first-order valence-electron chi connectivity index (χ1n) is 5.99. The molecule has 106 valence electrons. The van der Waals surface area contributed by atoms with Gasteiger partial charge in [0.05, 0.1) is 17.7 Å². The number of aromatic nitrogens is 1. The number of pyridine rings is 1. The Morgan fingerprint density at radius 3 is 2.79 bits per heavy atom. The normalized spacial score (nSPS) is 20.1. The number of hydrogen-bond donors (Lipinski definition) is 3. The summed E-state index contributed by atoms with van der Waals surface area (Å²) in [6.07, 6.45) is -0.419. The number of anilines is 1. The number of nitrogen functional groups attached to an aromatic ring is 1. The van der Waals surface area contributed by atoms with Gasteiger partial charge in [-0.15, -0.1) is 0 Å². The molecule has 1 saturated carbocycles. The average Bonchev–Trinajstić information content (AvgIpc) is 2.28. The molecule has 1 aliphatic rings. The Balaban J connectivity index is 2.12. The number of rotatable bonds is 4. The molecule has 19 heavy (non-hydrogen) atoms.